The van der Waals surface area contributed by atoms with E-state index in [9.17, 15) is 4.39 Å². The largest absolute Gasteiger partial charge is 0.497 e. The quantitative estimate of drug-likeness (QED) is 0.803. The molecule has 2 aromatic rings. The summed E-state index contributed by atoms with van der Waals surface area (Å²) in [6, 6.07) is 11.9. The maximum Gasteiger partial charge on any atom is 0.131 e. The van der Waals surface area contributed by atoms with Crippen molar-refractivity contribution in [1.29, 1.82) is 5.26 Å². The molecule has 0 saturated carbocycles. The minimum Gasteiger partial charge on any atom is -0.497 e. The monoisotopic (exact) mass is 241 g/mol. The van der Waals surface area contributed by atoms with Crippen LogP contribution >= 0.6 is 0 Å². The van der Waals surface area contributed by atoms with Crippen LogP contribution in [0.2, 0.25) is 0 Å². The predicted molar refractivity (Wildman–Crippen MR) is 67.8 cm³/mol. The molecule has 0 aliphatic heterocycles. The van der Waals surface area contributed by atoms with Crippen molar-refractivity contribution >= 4 is 0 Å². The summed E-state index contributed by atoms with van der Waals surface area (Å²) in [6.07, 6.45) is 0. The average molecular weight is 241 g/mol. The van der Waals surface area contributed by atoms with Crippen molar-refractivity contribution in [3.63, 3.8) is 0 Å². The van der Waals surface area contributed by atoms with Gasteiger partial charge < -0.3 is 4.74 Å². The zero-order valence-corrected chi connectivity index (χ0v) is 10.2. The number of hydrogen-bond donors (Lipinski definition) is 0. The predicted octanol–water partition coefficient (Wildman–Crippen LogP) is 3.68. The van der Waals surface area contributed by atoms with Crippen LogP contribution in [0.25, 0.3) is 11.1 Å². The Hall–Kier alpha value is -2.34. The van der Waals surface area contributed by atoms with Gasteiger partial charge >= 0.3 is 0 Å². The van der Waals surface area contributed by atoms with Crippen LogP contribution < -0.4 is 4.74 Å². The zero-order valence-electron chi connectivity index (χ0n) is 10.2. The smallest absolute Gasteiger partial charge is 0.131 e. The summed E-state index contributed by atoms with van der Waals surface area (Å²) in [4.78, 5) is 0. The first-order valence-electron chi connectivity index (χ1n) is 5.50. The third kappa shape index (κ3) is 2.18. The van der Waals surface area contributed by atoms with Gasteiger partial charge in [0, 0.05) is 11.1 Å². The molecule has 2 aromatic carbocycles. The molecule has 2 nitrogen and oxygen atoms in total. The molecule has 0 aromatic heterocycles. The summed E-state index contributed by atoms with van der Waals surface area (Å²) in [5, 5.41) is 9.08. The highest BCUT2D eigenvalue weighted by atomic mass is 19.1. The van der Waals surface area contributed by atoms with E-state index in [1.165, 1.54) is 13.2 Å². The van der Waals surface area contributed by atoms with E-state index in [2.05, 4.69) is 6.07 Å². The Morgan fingerprint density at radius 1 is 1.11 bits per heavy atom. The number of nitrogens with zero attached hydrogens (tertiary/aromatic N) is 1. The molecule has 3 heteroatoms. The Morgan fingerprint density at radius 2 is 1.89 bits per heavy atom. The van der Waals surface area contributed by atoms with Gasteiger partial charge in [0.15, 0.2) is 0 Å². The van der Waals surface area contributed by atoms with Crippen LogP contribution in [0.15, 0.2) is 36.4 Å². The van der Waals surface area contributed by atoms with Crippen molar-refractivity contribution in [2.45, 2.75) is 6.92 Å². The van der Waals surface area contributed by atoms with E-state index >= 15 is 0 Å². The van der Waals surface area contributed by atoms with Gasteiger partial charge in [-0.3, -0.25) is 0 Å². The van der Waals surface area contributed by atoms with Gasteiger partial charge in [0.1, 0.15) is 11.6 Å². The Morgan fingerprint density at radius 3 is 2.56 bits per heavy atom. The van der Waals surface area contributed by atoms with Gasteiger partial charge in [0.25, 0.3) is 0 Å². The minimum absolute atomic E-state index is 0.363. The first-order chi connectivity index (χ1) is 8.65. The Kier molecular flexibility index (Phi) is 3.29. The fourth-order valence-corrected chi connectivity index (χ4v) is 1.82. The number of ether oxygens (including phenoxy) is 1. The second-order valence-corrected chi connectivity index (χ2v) is 4.01. The molecule has 0 fully saturated rings. The summed E-state index contributed by atoms with van der Waals surface area (Å²) in [5.41, 5.74) is 2.41. The normalized spacial score (nSPS) is 9.89. The summed E-state index contributed by atoms with van der Waals surface area (Å²) < 4.78 is 19.0. The van der Waals surface area contributed by atoms with Crippen molar-refractivity contribution in [3.8, 4) is 22.9 Å². The van der Waals surface area contributed by atoms with E-state index in [1.807, 2.05) is 13.0 Å². The van der Waals surface area contributed by atoms with Gasteiger partial charge in [0.2, 0.25) is 0 Å². The van der Waals surface area contributed by atoms with Crippen molar-refractivity contribution in [1.82, 2.24) is 0 Å². The highest BCUT2D eigenvalue weighted by molar-refractivity contribution is 5.72. The lowest BCUT2D eigenvalue weighted by Gasteiger charge is -2.09. The van der Waals surface area contributed by atoms with Gasteiger partial charge in [-0.25, -0.2) is 4.39 Å². The molecule has 0 aliphatic rings. The van der Waals surface area contributed by atoms with Crippen LogP contribution in [-0.2, 0) is 0 Å². The number of nitriles is 1. The molecule has 2 rings (SSSR count). The van der Waals surface area contributed by atoms with E-state index < -0.39 is 0 Å². The molecule has 0 aliphatic carbocycles. The highest BCUT2D eigenvalue weighted by Crippen LogP contribution is 2.30. The standard InChI is InChI=1S/C15H12FNO/c1-10-3-4-11(9-17)13(7-10)14-8-12(18-2)5-6-15(14)16/h3-8H,1-2H3. The lowest BCUT2D eigenvalue weighted by Crippen LogP contribution is -1.91. The Balaban J connectivity index is 2.68. The number of hydrogen-bond acceptors (Lipinski definition) is 2. The Bertz CT molecular complexity index is 629. The lowest BCUT2D eigenvalue weighted by molar-refractivity contribution is 0.414. The van der Waals surface area contributed by atoms with Crippen molar-refractivity contribution in [2.75, 3.05) is 7.11 Å². The summed E-state index contributed by atoms with van der Waals surface area (Å²) in [5.74, 6) is 0.203. The van der Waals surface area contributed by atoms with Crippen molar-refractivity contribution in [3.05, 3.63) is 53.3 Å². The molecule has 0 N–H and O–H groups in total. The van der Waals surface area contributed by atoms with Crippen LogP contribution in [0.1, 0.15) is 11.1 Å². The number of halogens is 1. The van der Waals surface area contributed by atoms with E-state index in [-0.39, 0.29) is 5.82 Å². The maximum absolute atomic E-state index is 13.9. The van der Waals surface area contributed by atoms with E-state index in [0.29, 0.717) is 22.4 Å². The first-order valence-corrected chi connectivity index (χ1v) is 5.50. The van der Waals surface area contributed by atoms with Crippen LogP contribution in [0.4, 0.5) is 4.39 Å². The second-order valence-electron chi connectivity index (χ2n) is 4.01. The number of rotatable bonds is 2. The van der Waals surface area contributed by atoms with E-state index in [4.69, 9.17) is 10.00 Å². The molecule has 0 unspecified atom stereocenters. The number of methoxy groups -OCH3 is 1. The minimum atomic E-state index is -0.363. The fraction of sp³-hybridized carbons (Fsp3) is 0.133. The van der Waals surface area contributed by atoms with Gasteiger partial charge in [-0.2, -0.15) is 5.26 Å². The van der Waals surface area contributed by atoms with Crippen molar-refractivity contribution < 1.29 is 9.13 Å². The third-order valence-electron chi connectivity index (χ3n) is 2.76. The molecule has 0 saturated heterocycles. The van der Waals surface area contributed by atoms with Crippen LogP contribution in [0.5, 0.6) is 5.75 Å². The van der Waals surface area contributed by atoms with E-state index in [1.54, 1.807) is 24.3 Å². The van der Waals surface area contributed by atoms with Gasteiger partial charge in [-0.15, -0.1) is 0 Å². The van der Waals surface area contributed by atoms with Crippen LogP contribution in [-0.4, -0.2) is 7.11 Å². The molecule has 0 radical (unpaired) electrons. The molecule has 0 spiro atoms. The molecule has 0 heterocycles. The molecule has 90 valence electrons. The second kappa shape index (κ2) is 4.89. The Labute approximate surface area is 105 Å². The van der Waals surface area contributed by atoms with Gasteiger partial charge in [0.05, 0.1) is 18.7 Å². The molecule has 18 heavy (non-hydrogen) atoms. The molecule has 0 amide bonds. The number of aryl methyl sites for hydroxylation is 1. The fourth-order valence-electron chi connectivity index (χ4n) is 1.82. The van der Waals surface area contributed by atoms with E-state index in [0.717, 1.165) is 5.56 Å². The van der Waals surface area contributed by atoms with Crippen molar-refractivity contribution in [2.24, 2.45) is 0 Å². The molecule has 0 bridgehead atoms. The SMILES string of the molecule is COc1ccc(F)c(-c2cc(C)ccc2C#N)c1. The lowest BCUT2D eigenvalue weighted by atomic mass is 9.97. The van der Waals surface area contributed by atoms with Crippen LogP contribution in [0.3, 0.4) is 0 Å². The molecule has 0 atom stereocenters. The average Bonchev–Trinajstić information content (AvgIpc) is 2.39. The summed E-state index contributed by atoms with van der Waals surface area (Å²) in [7, 11) is 1.53. The highest BCUT2D eigenvalue weighted by Gasteiger charge is 2.11. The molecular weight excluding hydrogens is 229 g/mol. The zero-order chi connectivity index (χ0) is 13.1. The van der Waals surface area contributed by atoms with Gasteiger partial charge in [-0.05, 0) is 31.2 Å². The summed E-state index contributed by atoms with van der Waals surface area (Å²) >= 11 is 0. The summed E-state index contributed by atoms with van der Waals surface area (Å²) in [6.45, 7) is 1.91. The maximum atomic E-state index is 13.9. The first kappa shape index (κ1) is 12.1. The topological polar surface area (TPSA) is 33.0 Å². The third-order valence-corrected chi connectivity index (χ3v) is 2.76. The van der Waals surface area contributed by atoms with Crippen LogP contribution in [0, 0.1) is 24.1 Å². The number of benzene rings is 2. The molecular formula is C15H12FNO. The van der Waals surface area contributed by atoms with Gasteiger partial charge in [-0.1, -0.05) is 17.7 Å².